The van der Waals surface area contributed by atoms with Crippen LogP contribution in [0.15, 0.2) is 23.1 Å². The van der Waals surface area contributed by atoms with Crippen LogP contribution in [0.3, 0.4) is 0 Å². The number of carbonyl (C=O) groups is 1. The molecule has 1 N–H and O–H groups in total. The molecule has 0 saturated carbocycles. The molecule has 4 heteroatoms. The monoisotopic (exact) mass is 226 g/mol. The van der Waals surface area contributed by atoms with Gasteiger partial charge in [-0.15, -0.1) is 11.8 Å². The summed E-state index contributed by atoms with van der Waals surface area (Å²) in [5.74, 6) is 0.150. The Hall–Kier alpha value is -1.16. The van der Waals surface area contributed by atoms with Gasteiger partial charge in [-0.3, -0.25) is 4.79 Å². The molecule has 0 saturated heterocycles. The van der Waals surface area contributed by atoms with E-state index in [0.29, 0.717) is 6.61 Å². The molecule has 1 aromatic carbocycles. The number of carboxylic acids is 1. The first kappa shape index (κ1) is 11.9. The number of rotatable bonds is 5. The number of benzene rings is 1. The molecule has 0 aliphatic carbocycles. The smallest absolute Gasteiger partial charge is 0.313 e. The van der Waals surface area contributed by atoms with Gasteiger partial charge in [-0.1, -0.05) is 0 Å². The summed E-state index contributed by atoms with van der Waals surface area (Å²) in [6, 6.07) is 5.70. The summed E-state index contributed by atoms with van der Waals surface area (Å²) in [5, 5.41) is 8.54. The minimum Gasteiger partial charge on any atom is -0.494 e. The Balaban J connectivity index is 2.68. The first-order valence-corrected chi connectivity index (χ1v) is 5.70. The number of carboxylic acid groups (broad SMARTS) is 1. The quantitative estimate of drug-likeness (QED) is 0.784. The van der Waals surface area contributed by atoms with Crippen molar-refractivity contribution >= 4 is 17.7 Å². The van der Waals surface area contributed by atoms with E-state index in [0.717, 1.165) is 16.2 Å². The van der Waals surface area contributed by atoms with Crippen molar-refractivity contribution in [2.75, 3.05) is 12.4 Å². The fourth-order valence-corrected chi connectivity index (χ4v) is 1.89. The molecule has 0 heterocycles. The summed E-state index contributed by atoms with van der Waals surface area (Å²) >= 11 is 1.31. The van der Waals surface area contributed by atoms with Crippen molar-refractivity contribution in [2.24, 2.45) is 0 Å². The molecular weight excluding hydrogens is 212 g/mol. The lowest BCUT2D eigenvalue weighted by Crippen LogP contribution is -1.98. The first-order chi connectivity index (χ1) is 7.13. The van der Waals surface area contributed by atoms with Crippen LogP contribution in [-0.2, 0) is 4.79 Å². The fraction of sp³-hybridized carbons (Fsp3) is 0.364. The average Bonchev–Trinajstić information content (AvgIpc) is 2.19. The molecule has 1 rings (SSSR count). The molecule has 0 aliphatic heterocycles. The van der Waals surface area contributed by atoms with Crippen LogP contribution in [0.1, 0.15) is 12.5 Å². The molecule has 0 aromatic heterocycles. The van der Waals surface area contributed by atoms with Crippen LogP contribution in [-0.4, -0.2) is 23.4 Å². The maximum Gasteiger partial charge on any atom is 0.313 e. The topological polar surface area (TPSA) is 46.5 Å². The molecule has 0 atom stereocenters. The third kappa shape index (κ3) is 3.83. The SMILES string of the molecule is CCOc1ccc(SCC(=O)O)cc1C. The fourth-order valence-electron chi connectivity index (χ4n) is 1.17. The van der Waals surface area contributed by atoms with Crippen molar-refractivity contribution in [3.63, 3.8) is 0 Å². The van der Waals surface area contributed by atoms with E-state index >= 15 is 0 Å². The summed E-state index contributed by atoms with van der Waals surface area (Å²) in [5.41, 5.74) is 1.03. The molecule has 0 radical (unpaired) electrons. The summed E-state index contributed by atoms with van der Waals surface area (Å²) in [6.07, 6.45) is 0. The number of aliphatic carboxylic acids is 1. The molecule has 0 unspecified atom stereocenters. The third-order valence-corrected chi connectivity index (χ3v) is 2.79. The van der Waals surface area contributed by atoms with Gasteiger partial charge in [0.2, 0.25) is 0 Å². The normalized spacial score (nSPS) is 10.0. The van der Waals surface area contributed by atoms with Crippen LogP contribution in [0.25, 0.3) is 0 Å². The van der Waals surface area contributed by atoms with Crippen molar-refractivity contribution in [3.05, 3.63) is 23.8 Å². The minimum absolute atomic E-state index is 0.0907. The highest BCUT2D eigenvalue weighted by atomic mass is 32.2. The third-order valence-electron chi connectivity index (χ3n) is 1.81. The van der Waals surface area contributed by atoms with E-state index < -0.39 is 5.97 Å². The van der Waals surface area contributed by atoms with E-state index in [1.165, 1.54) is 11.8 Å². The van der Waals surface area contributed by atoms with Crippen molar-refractivity contribution < 1.29 is 14.6 Å². The van der Waals surface area contributed by atoms with Gasteiger partial charge in [0.15, 0.2) is 0 Å². The molecule has 0 fully saturated rings. The number of thioether (sulfide) groups is 1. The van der Waals surface area contributed by atoms with Gasteiger partial charge in [0.1, 0.15) is 5.75 Å². The van der Waals surface area contributed by atoms with Crippen LogP contribution in [0.5, 0.6) is 5.75 Å². The van der Waals surface area contributed by atoms with Gasteiger partial charge in [0, 0.05) is 4.90 Å². The zero-order chi connectivity index (χ0) is 11.3. The zero-order valence-electron chi connectivity index (χ0n) is 8.82. The lowest BCUT2D eigenvalue weighted by Gasteiger charge is -2.08. The molecule has 0 aliphatic rings. The van der Waals surface area contributed by atoms with Crippen LogP contribution < -0.4 is 4.74 Å². The van der Waals surface area contributed by atoms with Gasteiger partial charge in [-0.05, 0) is 37.6 Å². The lowest BCUT2D eigenvalue weighted by molar-refractivity contribution is -0.133. The maximum atomic E-state index is 10.4. The van der Waals surface area contributed by atoms with E-state index in [4.69, 9.17) is 9.84 Å². The highest BCUT2D eigenvalue weighted by Crippen LogP contribution is 2.25. The van der Waals surface area contributed by atoms with Gasteiger partial charge in [0.05, 0.1) is 12.4 Å². The Morgan fingerprint density at radius 3 is 2.80 bits per heavy atom. The molecule has 1 aromatic rings. The Kier molecular flexibility index (Phi) is 4.49. The number of hydrogen-bond donors (Lipinski definition) is 1. The molecule has 0 amide bonds. The second kappa shape index (κ2) is 5.66. The van der Waals surface area contributed by atoms with Gasteiger partial charge < -0.3 is 9.84 Å². The van der Waals surface area contributed by atoms with Crippen LogP contribution in [0.4, 0.5) is 0 Å². The van der Waals surface area contributed by atoms with Gasteiger partial charge in [-0.2, -0.15) is 0 Å². The molecule has 15 heavy (non-hydrogen) atoms. The van der Waals surface area contributed by atoms with E-state index in [9.17, 15) is 4.79 Å². The first-order valence-electron chi connectivity index (χ1n) is 4.71. The number of aryl methyl sites for hydroxylation is 1. The zero-order valence-corrected chi connectivity index (χ0v) is 9.63. The van der Waals surface area contributed by atoms with Crippen molar-refractivity contribution in [1.29, 1.82) is 0 Å². The molecule has 0 spiro atoms. The van der Waals surface area contributed by atoms with Crippen molar-refractivity contribution in [1.82, 2.24) is 0 Å². The highest BCUT2D eigenvalue weighted by Gasteiger charge is 2.03. The Bertz CT molecular complexity index is 350. The van der Waals surface area contributed by atoms with Crippen molar-refractivity contribution in [2.45, 2.75) is 18.7 Å². The summed E-state index contributed by atoms with van der Waals surface area (Å²) in [6.45, 7) is 4.53. The average molecular weight is 226 g/mol. The van der Waals surface area contributed by atoms with Crippen LogP contribution in [0, 0.1) is 6.92 Å². The van der Waals surface area contributed by atoms with E-state index in [1.807, 2.05) is 32.0 Å². The Labute approximate surface area is 93.4 Å². The largest absolute Gasteiger partial charge is 0.494 e. The predicted octanol–water partition coefficient (Wildman–Crippen LogP) is 2.57. The van der Waals surface area contributed by atoms with E-state index in [2.05, 4.69) is 0 Å². The lowest BCUT2D eigenvalue weighted by atomic mass is 10.2. The predicted molar refractivity (Wildman–Crippen MR) is 60.7 cm³/mol. The summed E-state index contributed by atoms with van der Waals surface area (Å²) < 4.78 is 5.39. The number of ether oxygens (including phenoxy) is 1. The Morgan fingerprint density at radius 2 is 2.27 bits per heavy atom. The standard InChI is InChI=1S/C11H14O3S/c1-3-14-10-5-4-9(6-8(10)2)15-7-11(12)13/h4-6H,3,7H2,1-2H3,(H,12,13). The van der Waals surface area contributed by atoms with E-state index in [1.54, 1.807) is 0 Å². The second-order valence-electron chi connectivity index (χ2n) is 3.04. The molecule has 0 bridgehead atoms. The maximum absolute atomic E-state index is 10.4. The van der Waals surface area contributed by atoms with Gasteiger partial charge in [0.25, 0.3) is 0 Å². The van der Waals surface area contributed by atoms with Gasteiger partial charge in [-0.25, -0.2) is 0 Å². The van der Waals surface area contributed by atoms with Crippen LogP contribution >= 0.6 is 11.8 Å². The minimum atomic E-state index is -0.800. The summed E-state index contributed by atoms with van der Waals surface area (Å²) in [4.78, 5) is 11.3. The van der Waals surface area contributed by atoms with E-state index in [-0.39, 0.29) is 5.75 Å². The molecule has 82 valence electrons. The number of hydrogen-bond acceptors (Lipinski definition) is 3. The summed E-state index contributed by atoms with van der Waals surface area (Å²) in [7, 11) is 0. The Morgan fingerprint density at radius 1 is 1.53 bits per heavy atom. The molecular formula is C11H14O3S. The van der Waals surface area contributed by atoms with Crippen molar-refractivity contribution in [3.8, 4) is 5.75 Å². The highest BCUT2D eigenvalue weighted by molar-refractivity contribution is 8.00. The van der Waals surface area contributed by atoms with Gasteiger partial charge >= 0.3 is 5.97 Å². The second-order valence-corrected chi connectivity index (χ2v) is 4.09. The molecule has 3 nitrogen and oxygen atoms in total. The van der Waals surface area contributed by atoms with Crippen LogP contribution in [0.2, 0.25) is 0 Å².